The number of hydrogen-bond acceptors (Lipinski definition) is 7. The molecular weight excluding hydrogens is 598 g/mol. The molecule has 0 fully saturated rings. The summed E-state index contributed by atoms with van der Waals surface area (Å²) in [5.74, 6) is -1.75. The second kappa shape index (κ2) is 13.7. The number of fused-ring (bicyclic) bond motifs is 2. The molecule has 0 saturated carbocycles. The molecule has 0 saturated heterocycles. The minimum Gasteiger partial charge on any atom is -0.496 e. The molecule has 4 aromatic carbocycles. The number of methoxy groups -OCH3 is 1. The molecule has 5 rings (SSSR count). The molecule has 1 aliphatic heterocycles. The first kappa shape index (κ1) is 32.8. The van der Waals surface area contributed by atoms with Crippen LogP contribution in [0.2, 0.25) is 0 Å². The summed E-state index contributed by atoms with van der Waals surface area (Å²) >= 11 is 0. The molecule has 0 radical (unpaired) electrons. The van der Waals surface area contributed by atoms with Crippen LogP contribution in [0, 0.1) is 0 Å². The van der Waals surface area contributed by atoms with Gasteiger partial charge in [-0.05, 0) is 79.3 Å². The number of nitrogen functional groups attached to an aromatic ring is 1. The third-order valence-corrected chi connectivity index (χ3v) is 7.81. The lowest BCUT2D eigenvalue weighted by Gasteiger charge is -2.27. The molecule has 2 unspecified atom stereocenters. The highest BCUT2D eigenvalue weighted by molar-refractivity contribution is 6.13. The number of nitrogens with two attached hydrogens (primary N) is 1. The van der Waals surface area contributed by atoms with Crippen LogP contribution in [0.4, 0.5) is 17.1 Å². The van der Waals surface area contributed by atoms with Gasteiger partial charge >= 0.3 is 5.97 Å². The van der Waals surface area contributed by atoms with Crippen LogP contribution < -0.4 is 30.9 Å². The zero-order valence-electron chi connectivity index (χ0n) is 24.9. The number of carboxylic acid groups (broad SMARTS) is 1. The zero-order chi connectivity index (χ0) is 31.5. The fourth-order valence-corrected chi connectivity index (χ4v) is 5.28. The van der Waals surface area contributed by atoms with Gasteiger partial charge in [-0.3, -0.25) is 14.4 Å². The summed E-state index contributed by atoms with van der Waals surface area (Å²) < 4.78 is 5.68. The van der Waals surface area contributed by atoms with Gasteiger partial charge in [0.05, 0.1) is 43.2 Å². The van der Waals surface area contributed by atoms with Crippen molar-refractivity contribution < 1.29 is 29.0 Å². The number of rotatable bonds is 8. The third-order valence-electron chi connectivity index (χ3n) is 7.81. The number of amides is 3. The van der Waals surface area contributed by atoms with Crippen molar-refractivity contribution in [1.29, 1.82) is 0 Å². The number of aromatic carboxylic acids is 1. The number of ether oxygens (including phenoxy) is 1. The molecule has 11 nitrogen and oxygen atoms in total. The molecular formula is C33H34ClN5O6. The van der Waals surface area contributed by atoms with E-state index in [1.165, 1.54) is 23.0 Å². The zero-order valence-corrected chi connectivity index (χ0v) is 25.8. The summed E-state index contributed by atoms with van der Waals surface area (Å²) in [6.45, 7) is 1.57. The van der Waals surface area contributed by atoms with Gasteiger partial charge in [-0.15, -0.1) is 12.4 Å². The van der Waals surface area contributed by atoms with Crippen LogP contribution >= 0.6 is 12.4 Å². The predicted octanol–water partition coefficient (Wildman–Crippen LogP) is 3.84. The van der Waals surface area contributed by atoms with Crippen LogP contribution in [0.15, 0.2) is 78.9 Å². The van der Waals surface area contributed by atoms with E-state index in [0.29, 0.717) is 44.7 Å². The van der Waals surface area contributed by atoms with Crippen molar-refractivity contribution in [2.75, 3.05) is 36.2 Å². The molecule has 234 valence electrons. The van der Waals surface area contributed by atoms with Gasteiger partial charge in [0.15, 0.2) is 0 Å². The van der Waals surface area contributed by atoms with Gasteiger partial charge in [0, 0.05) is 16.8 Å². The molecule has 5 N–H and O–H groups in total. The number of anilines is 3. The van der Waals surface area contributed by atoms with Crippen molar-refractivity contribution in [3.05, 3.63) is 95.6 Å². The Hall–Kier alpha value is -5.13. The smallest absolute Gasteiger partial charge is 0.335 e. The van der Waals surface area contributed by atoms with E-state index in [1.54, 1.807) is 86.8 Å². The lowest BCUT2D eigenvalue weighted by Crippen LogP contribution is -2.55. The fraction of sp³-hybridized carbons (Fsp3) is 0.212. The van der Waals surface area contributed by atoms with E-state index in [9.17, 15) is 24.3 Å². The normalized spacial score (nSPS) is 15.0. The average molecular weight is 632 g/mol. The van der Waals surface area contributed by atoms with Gasteiger partial charge in [0.25, 0.3) is 11.8 Å². The Morgan fingerprint density at radius 2 is 1.67 bits per heavy atom. The lowest BCUT2D eigenvalue weighted by atomic mass is 10.00. The van der Waals surface area contributed by atoms with Gasteiger partial charge in [0.2, 0.25) is 5.91 Å². The van der Waals surface area contributed by atoms with E-state index >= 15 is 0 Å². The second-order valence-electron chi connectivity index (χ2n) is 10.5. The van der Waals surface area contributed by atoms with Crippen molar-refractivity contribution in [2.45, 2.75) is 25.6 Å². The highest BCUT2D eigenvalue weighted by atomic mass is 35.5. The number of hydrogen-bond donors (Lipinski definition) is 4. The standard InChI is InChI=1S/C33H33N5O6.ClH/c1-19(35-2)30(39)36-26-18-38(31(40)20-8-12-23(34)13-9-20)28-7-5-4-6-27(28)37(32(26)41)17-25-24-14-10-22(33(42)43)16-21(24)11-15-29(25)44-3;/h4-16,19,26,35H,17-18,34H2,1-3H3,(H,36,39)(H,42,43);1H. The maximum atomic E-state index is 14.4. The first-order valence-corrected chi connectivity index (χ1v) is 14.0. The molecule has 0 spiro atoms. The number of nitrogens with zero attached hydrogens (tertiary/aromatic N) is 2. The number of carbonyl (C=O) groups is 4. The quantitative estimate of drug-likeness (QED) is 0.214. The fourth-order valence-electron chi connectivity index (χ4n) is 5.28. The average Bonchev–Trinajstić information content (AvgIpc) is 3.14. The highest BCUT2D eigenvalue weighted by Gasteiger charge is 2.38. The molecule has 4 aromatic rings. The summed E-state index contributed by atoms with van der Waals surface area (Å²) in [5, 5.41) is 16.6. The summed E-state index contributed by atoms with van der Waals surface area (Å²) in [4.78, 5) is 56.1. The Labute approximate surface area is 266 Å². The van der Waals surface area contributed by atoms with Gasteiger partial charge in [-0.1, -0.05) is 24.3 Å². The first-order chi connectivity index (χ1) is 21.1. The number of carboxylic acids is 1. The highest BCUT2D eigenvalue weighted by Crippen LogP contribution is 2.37. The molecule has 45 heavy (non-hydrogen) atoms. The molecule has 0 bridgehead atoms. The lowest BCUT2D eigenvalue weighted by molar-refractivity contribution is -0.128. The maximum absolute atomic E-state index is 14.4. The summed E-state index contributed by atoms with van der Waals surface area (Å²) in [6, 6.07) is 20.1. The van der Waals surface area contributed by atoms with Crippen molar-refractivity contribution >= 4 is 63.9 Å². The van der Waals surface area contributed by atoms with Crippen LogP contribution in [-0.4, -0.2) is 61.6 Å². The SMILES string of the molecule is CNC(C)C(=O)NC1CN(C(=O)c2ccc(N)cc2)c2ccccc2N(Cc2c(OC)ccc3cc(C(=O)O)ccc23)C1=O.Cl. The van der Waals surface area contributed by atoms with Crippen molar-refractivity contribution in [2.24, 2.45) is 0 Å². The second-order valence-corrected chi connectivity index (χ2v) is 10.5. The number of para-hydroxylation sites is 2. The number of carbonyl (C=O) groups excluding carboxylic acids is 3. The Balaban J connectivity index is 0.00000461. The van der Waals surface area contributed by atoms with E-state index in [4.69, 9.17) is 10.5 Å². The third kappa shape index (κ3) is 6.54. The van der Waals surface area contributed by atoms with Gasteiger partial charge in [-0.2, -0.15) is 0 Å². The maximum Gasteiger partial charge on any atom is 0.335 e. The van der Waals surface area contributed by atoms with Crippen LogP contribution in [0.1, 0.15) is 33.2 Å². The number of nitrogens with one attached hydrogen (secondary N) is 2. The molecule has 1 aliphatic rings. The summed E-state index contributed by atoms with van der Waals surface area (Å²) in [5.41, 5.74) is 8.43. The monoisotopic (exact) mass is 631 g/mol. The Kier molecular flexibility index (Phi) is 9.95. The molecule has 0 aliphatic carbocycles. The summed E-state index contributed by atoms with van der Waals surface area (Å²) in [7, 11) is 3.16. The minimum absolute atomic E-state index is 0. The Morgan fingerprint density at radius 3 is 2.31 bits per heavy atom. The van der Waals surface area contributed by atoms with Crippen molar-refractivity contribution in [3.63, 3.8) is 0 Å². The topological polar surface area (TPSA) is 154 Å². The Bertz CT molecular complexity index is 1760. The van der Waals surface area contributed by atoms with Crippen LogP contribution in [0.3, 0.4) is 0 Å². The minimum atomic E-state index is -1.09. The first-order valence-electron chi connectivity index (χ1n) is 14.0. The van der Waals surface area contributed by atoms with Gasteiger partial charge in [0.1, 0.15) is 11.8 Å². The van der Waals surface area contributed by atoms with Crippen LogP contribution in [-0.2, 0) is 16.1 Å². The van der Waals surface area contributed by atoms with Crippen LogP contribution in [0.5, 0.6) is 5.75 Å². The Morgan fingerprint density at radius 1 is 1.00 bits per heavy atom. The van der Waals surface area contributed by atoms with Crippen molar-refractivity contribution in [1.82, 2.24) is 10.6 Å². The number of likely N-dealkylation sites (N-methyl/N-ethyl adjacent to an activating group) is 1. The summed E-state index contributed by atoms with van der Waals surface area (Å²) in [6.07, 6.45) is 0. The van der Waals surface area contributed by atoms with E-state index in [-0.39, 0.29) is 37.0 Å². The van der Waals surface area contributed by atoms with Crippen LogP contribution in [0.25, 0.3) is 10.8 Å². The number of halogens is 1. The van der Waals surface area contributed by atoms with Crippen molar-refractivity contribution in [3.8, 4) is 5.75 Å². The molecule has 0 aromatic heterocycles. The van der Waals surface area contributed by atoms with Gasteiger partial charge in [-0.25, -0.2) is 4.79 Å². The van der Waals surface area contributed by atoms with E-state index in [2.05, 4.69) is 10.6 Å². The van der Waals surface area contributed by atoms with E-state index < -0.39 is 29.9 Å². The number of benzene rings is 4. The predicted molar refractivity (Wildman–Crippen MR) is 175 cm³/mol. The molecule has 12 heteroatoms. The molecule has 1 heterocycles. The van der Waals surface area contributed by atoms with Gasteiger partial charge < -0.3 is 36.0 Å². The largest absolute Gasteiger partial charge is 0.496 e. The molecule has 3 amide bonds. The molecule has 2 atom stereocenters. The van der Waals surface area contributed by atoms with E-state index in [1.807, 2.05) is 0 Å². The van der Waals surface area contributed by atoms with E-state index in [0.717, 1.165) is 0 Å².